The summed E-state index contributed by atoms with van der Waals surface area (Å²) in [5.74, 6) is -1.39. The molecule has 0 radical (unpaired) electrons. The monoisotopic (exact) mass is 416 g/mol. The Morgan fingerprint density at radius 3 is 2.61 bits per heavy atom. The van der Waals surface area contributed by atoms with Crippen LogP contribution in [-0.2, 0) is 8.92 Å². The van der Waals surface area contributed by atoms with Crippen molar-refractivity contribution in [1.29, 1.82) is 5.26 Å². The number of anilines is 1. The van der Waals surface area contributed by atoms with E-state index in [2.05, 4.69) is 14.2 Å². The van der Waals surface area contributed by atoms with Crippen LogP contribution in [0.15, 0.2) is 12.1 Å². The van der Waals surface area contributed by atoms with Crippen molar-refractivity contribution in [2.75, 3.05) is 24.6 Å². The first-order valence-corrected chi connectivity index (χ1v) is 8.82. The number of morpholine rings is 1. The number of hydrogen-bond donors (Lipinski definition) is 2. The summed E-state index contributed by atoms with van der Waals surface area (Å²) in [5.41, 5.74) is -3.55. The molecule has 12 heteroatoms. The molecule has 0 spiro atoms. The molecule has 8 nitrogen and oxygen atoms in total. The lowest BCUT2D eigenvalue weighted by molar-refractivity contribution is -0.0521. The van der Waals surface area contributed by atoms with Gasteiger partial charge in [-0.1, -0.05) is 0 Å². The lowest BCUT2D eigenvalue weighted by atomic mass is 10.1. The van der Waals surface area contributed by atoms with E-state index in [1.54, 1.807) is 17.9 Å². The van der Waals surface area contributed by atoms with Crippen molar-refractivity contribution < 1.29 is 32.3 Å². The first-order chi connectivity index (χ1) is 13.2. The van der Waals surface area contributed by atoms with E-state index in [1.165, 1.54) is 6.07 Å². The largest absolute Gasteiger partial charge is 0.489 e. The van der Waals surface area contributed by atoms with Crippen LogP contribution in [0.2, 0.25) is 0 Å². The summed E-state index contributed by atoms with van der Waals surface area (Å²) < 4.78 is 47.0. The maximum atomic E-state index is 12.2. The number of nitrogens with zero attached hydrogens (tertiary/aromatic N) is 4. The standard InChI is InChI=1S/C16H15F3N4O4S/c1-8-5-23(6-10(27-8)7-26-28-16(17,18)19)11-3-2-9(4-20)12-13(11)22-15(25)14(24)21-12/h2-3,8,10H,5-7H2,1H3,(H,21,24)(H,22,25). The Kier molecular flexibility index (Phi) is 5.69. The van der Waals surface area contributed by atoms with Crippen LogP contribution >= 0.6 is 12.0 Å². The molecule has 0 amide bonds. The highest BCUT2D eigenvalue weighted by molar-refractivity contribution is 7.95. The second kappa shape index (κ2) is 7.86. The van der Waals surface area contributed by atoms with Gasteiger partial charge < -0.3 is 24.0 Å². The molecule has 0 saturated carbocycles. The van der Waals surface area contributed by atoms with Gasteiger partial charge in [0.1, 0.15) is 29.1 Å². The summed E-state index contributed by atoms with van der Waals surface area (Å²) in [5, 5.41) is 28.6. The highest BCUT2D eigenvalue weighted by atomic mass is 32.2. The van der Waals surface area contributed by atoms with Crippen LogP contribution in [0.5, 0.6) is 11.8 Å². The molecule has 28 heavy (non-hydrogen) atoms. The molecule has 2 aromatic rings. The van der Waals surface area contributed by atoms with Crippen LogP contribution in [0.3, 0.4) is 0 Å². The molecule has 1 aromatic heterocycles. The molecule has 1 aromatic carbocycles. The van der Waals surface area contributed by atoms with Crippen LogP contribution in [0, 0.1) is 11.3 Å². The lowest BCUT2D eigenvalue weighted by Gasteiger charge is -2.38. The Balaban J connectivity index is 1.89. The first-order valence-electron chi connectivity index (χ1n) is 8.08. The van der Waals surface area contributed by atoms with Gasteiger partial charge in [-0.2, -0.15) is 18.4 Å². The van der Waals surface area contributed by atoms with Crippen LogP contribution in [-0.4, -0.2) is 57.6 Å². The fourth-order valence-corrected chi connectivity index (χ4v) is 3.31. The van der Waals surface area contributed by atoms with E-state index in [4.69, 9.17) is 4.74 Å². The summed E-state index contributed by atoms with van der Waals surface area (Å²) in [6, 6.07) is 5.04. The number of hydrogen-bond acceptors (Lipinski definition) is 9. The van der Waals surface area contributed by atoms with Crippen molar-refractivity contribution in [3.8, 4) is 17.8 Å². The molecule has 1 aliphatic rings. The average molecular weight is 416 g/mol. The predicted octanol–water partition coefficient (Wildman–Crippen LogP) is 2.69. The smallest absolute Gasteiger partial charge is 0.467 e. The highest BCUT2D eigenvalue weighted by Gasteiger charge is 2.32. The van der Waals surface area contributed by atoms with E-state index in [0.29, 0.717) is 12.2 Å². The zero-order chi connectivity index (χ0) is 20.5. The quantitative estimate of drug-likeness (QED) is 0.727. The molecule has 0 aliphatic carbocycles. The fourth-order valence-electron chi connectivity index (χ4n) is 2.96. The second-order valence-corrected chi connectivity index (χ2v) is 6.96. The van der Waals surface area contributed by atoms with Gasteiger partial charge in [0.25, 0.3) is 11.8 Å². The number of halogens is 3. The molecule has 1 fully saturated rings. The van der Waals surface area contributed by atoms with Crippen molar-refractivity contribution in [3.63, 3.8) is 0 Å². The van der Waals surface area contributed by atoms with Crippen LogP contribution in [0.4, 0.5) is 18.9 Å². The van der Waals surface area contributed by atoms with E-state index in [-0.39, 0.29) is 35.9 Å². The molecule has 2 N–H and O–H groups in total. The van der Waals surface area contributed by atoms with Crippen molar-refractivity contribution in [1.82, 2.24) is 9.97 Å². The minimum atomic E-state index is -4.50. The van der Waals surface area contributed by atoms with E-state index in [0.717, 1.165) is 0 Å². The van der Waals surface area contributed by atoms with Gasteiger partial charge in [0, 0.05) is 13.1 Å². The van der Waals surface area contributed by atoms with Crippen molar-refractivity contribution in [2.45, 2.75) is 24.6 Å². The zero-order valence-electron chi connectivity index (χ0n) is 14.5. The number of ether oxygens (including phenoxy) is 1. The lowest BCUT2D eigenvalue weighted by Crippen LogP contribution is -2.48. The van der Waals surface area contributed by atoms with Gasteiger partial charge in [-0.3, -0.25) is 0 Å². The van der Waals surface area contributed by atoms with E-state index in [9.17, 15) is 28.6 Å². The van der Waals surface area contributed by atoms with E-state index in [1.807, 2.05) is 6.07 Å². The number of aromatic nitrogens is 2. The Morgan fingerprint density at radius 2 is 1.96 bits per heavy atom. The minimum Gasteiger partial charge on any atom is -0.489 e. The number of fused-ring (bicyclic) bond motifs is 1. The van der Waals surface area contributed by atoms with Crippen molar-refractivity contribution in [2.24, 2.45) is 0 Å². The Bertz CT molecular complexity index is 921. The third-order valence-electron chi connectivity index (χ3n) is 3.96. The van der Waals surface area contributed by atoms with Gasteiger partial charge in [0.05, 0.1) is 30.1 Å². The number of aromatic hydroxyl groups is 2. The average Bonchev–Trinajstić information content (AvgIpc) is 2.60. The number of alkyl halides is 3. The van der Waals surface area contributed by atoms with Crippen LogP contribution < -0.4 is 4.90 Å². The van der Waals surface area contributed by atoms with E-state index < -0.39 is 35.4 Å². The molecule has 0 bridgehead atoms. The highest BCUT2D eigenvalue weighted by Crippen LogP contribution is 2.34. The molecule has 2 unspecified atom stereocenters. The molecule has 150 valence electrons. The minimum absolute atomic E-state index is 0.106. The molecular weight excluding hydrogens is 401 g/mol. The second-order valence-electron chi connectivity index (χ2n) is 6.10. The molecule has 1 aliphatic heterocycles. The van der Waals surface area contributed by atoms with Crippen LogP contribution in [0.1, 0.15) is 12.5 Å². The fraction of sp³-hybridized carbons (Fsp3) is 0.438. The molecule has 1 saturated heterocycles. The predicted molar refractivity (Wildman–Crippen MR) is 93.7 cm³/mol. The third-order valence-corrected chi connectivity index (χ3v) is 4.40. The van der Waals surface area contributed by atoms with Gasteiger partial charge in [-0.05, 0) is 19.1 Å². The van der Waals surface area contributed by atoms with Gasteiger partial charge in [-0.25, -0.2) is 9.97 Å². The molecular formula is C16H15F3N4O4S. The maximum Gasteiger partial charge on any atom is 0.467 e. The maximum absolute atomic E-state index is 12.2. The summed E-state index contributed by atoms with van der Waals surface area (Å²) in [6.07, 6.45) is -0.953. The number of nitriles is 1. The summed E-state index contributed by atoms with van der Waals surface area (Å²) in [6.45, 7) is 2.08. The van der Waals surface area contributed by atoms with Gasteiger partial charge in [0.15, 0.2) is 0 Å². The van der Waals surface area contributed by atoms with Crippen molar-refractivity contribution in [3.05, 3.63) is 17.7 Å². The Hall–Kier alpha value is -2.49. The molecule has 3 rings (SSSR count). The Morgan fingerprint density at radius 1 is 1.29 bits per heavy atom. The summed E-state index contributed by atoms with van der Waals surface area (Å²) >= 11 is -0.581. The first kappa shape index (κ1) is 20.2. The zero-order valence-corrected chi connectivity index (χ0v) is 15.3. The number of benzene rings is 1. The summed E-state index contributed by atoms with van der Waals surface area (Å²) in [7, 11) is 0. The normalized spacial score (nSPS) is 20.3. The number of rotatable bonds is 4. The molecule has 2 atom stereocenters. The van der Waals surface area contributed by atoms with Crippen LogP contribution in [0.25, 0.3) is 11.0 Å². The Labute approximate surface area is 161 Å². The van der Waals surface area contributed by atoms with Gasteiger partial charge in [0.2, 0.25) is 0 Å². The topological polar surface area (TPSA) is 112 Å². The van der Waals surface area contributed by atoms with E-state index >= 15 is 0 Å². The molecule has 2 heterocycles. The van der Waals surface area contributed by atoms with Gasteiger partial charge in [-0.15, -0.1) is 0 Å². The van der Waals surface area contributed by atoms with Gasteiger partial charge >= 0.3 is 5.51 Å². The van der Waals surface area contributed by atoms with Crippen molar-refractivity contribution >= 4 is 28.8 Å². The summed E-state index contributed by atoms with van der Waals surface area (Å²) in [4.78, 5) is 9.56. The SMILES string of the molecule is CC1CN(c2ccc(C#N)c3nc(O)c(O)nc23)CC(COSC(F)(F)F)O1. The third kappa shape index (κ3) is 4.49.